The number of carbonyl (C=O) groups is 3. The zero-order valence-electron chi connectivity index (χ0n) is 35.5. The van der Waals surface area contributed by atoms with E-state index >= 15 is 0 Å². The molecule has 2 aromatic heterocycles. The number of amides is 3. The molecule has 3 N–H and O–H groups in total. The quantitative estimate of drug-likeness (QED) is 0.0640. The monoisotopic (exact) mass is 802 g/mol. The van der Waals surface area contributed by atoms with Gasteiger partial charge in [0.05, 0.1) is 23.3 Å². The van der Waals surface area contributed by atoms with Crippen molar-refractivity contribution in [1.82, 2.24) is 20.6 Å². The number of allylic oxidation sites excluding steroid dienone is 9. The predicted molar refractivity (Wildman–Crippen MR) is 230 cm³/mol. The van der Waals surface area contributed by atoms with E-state index in [9.17, 15) is 23.2 Å². The Balaban J connectivity index is 0.00000241. The van der Waals surface area contributed by atoms with Crippen LogP contribution in [0.1, 0.15) is 93.3 Å². The first-order valence-corrected chi connectivity index (χ1v) is 19.2. The average molecular weight is 803 g/mol. The van der Waals surface area contributed by atoms with Gasteiger partial charge in [0, 0.05) is 18.0 Å². The summed E-state index contributed by atoms with van der Waals surface area (Å²) in [5.41, 5.74) is 3.30. The van der Waals surface area contributed by atoms with Crippen LogP contribution in [-0.2, 0) is 32.1 Å². The number of carbonyl (C=O) groups excluding carboxylic acids is 3. The second-order valence-electron chi connectivity index (χ2n) is 12.0. The summed E-state index contributed by atoms with van der Waals surface area (Å²) >= 11 is 0. The predicted octanol–water partition coefficient (Wildman–Crippen LogP) is 10.8. The molecule has 1 atom stereocenters. The van der Waals surface area contributed by atoms with Gasteiger partial charge in [-0.3, -0.25) is 14.9 Å². The molecule has 1 aromatic carbocycles. The standard InChI is InChI=1S/C34H34F2N4O6.C6H12.2C2H6.C2H2/c1-4-5-28(14-22(3)44-19-21(2)41)45-20-27-18-30-31(12-13-37-33(30)38-27)46-29-11-10-26(16-25(36)17-29)39-34(43)40-32(42)15-23-6-8-24(35)9-7-23;1-4-5-6(2)3;3*1-2/h5-14,16-18,25H,4,15,19-20H2,1-3H3,(H,37,38)(H2,39,40,42,43);5H,4H2,1-3H3;2*1-2H3;1-2H/b22-14+,28-5+;;;;. The van der Waals surface area contributed by atoms with Gasteiger partial charge in [0.25, 0.3) is 0 Å². The maximum absolute atomic E-state index is 14.8. The molecule has 10 nitrogen and oxygen atoms in total. The molecule has 0 saturated carbocycles. The molecule has 314 valence electrons. The van der Waals surface area contributed by atoms with Gasteiger partial charge in [-0.2, -0.15) is 0 Å². The van der Waals surface area contributed by atoms with Crippen molar-refractivity contribution in [3.8, 4) is 18.6 Å². The molecule has 0 saturated heterocycles. The molecule has 3 amide bonds. The number of benzene rings is 1. The van der Waals surface area contributed by atoms with Crippen molar-refractivity contribution in [3.63, 3.8) is 0 Å². The number of aromatic amines is 1. The van der Waals surface area contributed by atoms with Gasteiger partial charge in [0.2, 0.25) is 5.91 Å². The van der Waals surface area contributed by atoms with E-state index in [0.29, 0.717) is 39.6 Å². The van der Waals surface area contributed by atoms with Crippen molar-refractivity contribution >= 4 is 28.8 Å². The molecule has 0 radical (unpaired) electrons. The van der Waals surface area contributed by atoms with E-state index in [0.717, 1.165) is 12.5 Å². The number of urea groups is 1. The number of hydrogen-bond donors (Lipinski definition) is 3. The molecule has 1 aliphatic rings. The molecule has 0 aliphatic heterocycles. The number of H-pyrrole nitrogens is 1. The molecule has 1 unspecified atom stereocenters. The number of alkyl halides is 1. The highest BCUT2D eigenvalue weighted by Gasteiger charge is 2.15. The Morgan fingerprint density at radius 1 is 0.914 bits per heavy atom. The van der Waals surface area contributed by atoms with Crippen molar-refractivity contribution < 1.29 is 37.4 Å². The highest BCUT2D eigenvalue weighted by Crippen LogP contribution is 2.28. The Morgan fingerprint density at radius 2 is 1.57 bits per heavy atom. The molecule has 0 fully saturated rings. The zero-order chi connectivity index (χ0) is 44.0. The molecule has 4 rings (SSSR count). The Bertz CT molecular complexity index is 1930. The largest absolute Gasteiger partial charge is 0.490 e. The third kappa shape index (κ3) is 21.2. The number of halogens is 2. The Hall–Kier alpha value is -6.22. The van der Waals surface area contributed by atoms with Crippen molar-refractivity contribution in [2.75, 3.05) is 6.61 Å². The minimum Gasteiger partial charge on any atom is -0.490 e. The first kappa shape index (κ1) is 51.8. The lowest BCUT2D eigenvalue weighted by atomic mass is 10.1. The summed E-state index contributed by atoms with van der Waals surface area (Å²) in [5.74, 6) is 0.590. The number of Topliss-reactive ketones (excluding diaryl/α,β-unsaturated/α-hetero) is 1. The van der Waals surface area contributed by atoms with Gasteiger partial charge >= 0.3 is 6.03 Å². The van der Waals surface area contributed by atoms with E-state index in [1.807, 2.05) is 46.8 Å². The molecule has 1 aliphatic carbocycles. The Kier molecular flexibility index (Phi) is 26.8. The van der Waals surface area contributed by atoms with Gasteiger partial charge in [-0.1, -0.05) is 65.3 Å². The van der Waals surface area contributed by atoms with Gasteiger partial charge in [-0.15, -0.1) is 12.8 Å². The summed E-state index contributed by atoms with van der Waals surface area (Å²) in [4.78, 5) is 43.3. The highest BCUT2D eigenvalue weighted by atomic mass is 19.1. The number of imide groups is 1. The van der Waals surface area contributed by atoms with Gasteiger partial charge in [-0.25, -0.2) is 18.6 Å². The maximum atomic E-state index is 14.8. The summed E-state index contributed by atoms with van der Waals surface area (Å²) < 4.78 is 45.3. The van der Waals surface area contributed by atoms with Gasteiger partial charge in [0.1, 0.15) is 48.1 Å². The molecular weight excluding hydrogens is 743 g/mol. The van der Waals surface area contributed by atoms with Gasteiger partial charge in [-0.05, 0) is 101 Å². The second-order valence-corrected chi connectivity index (χ2v) is 12.0. The number of nitrogens with zero attached hydrogens (tertiary/aromatic N) is 1. The number of pyridine rings is 1. The normalized spacial score (nSPS) is 13.0. The third-order valence-corrected chi connectivity index (χ3v) is 6.91. The Morgan fingerprint density at radius 3 is 2.16 bits per heavy atom. The molecule has 58 heavy (non-hydrogen) atoms. The average Bonchev–Trinajstić information content (AvgIpc) is 3.54. The lowest BCUT2D eigenvalue weighted by Crippen LogP contribution is -2.39. The van der Waals surface area contributed by atoms with E-state index in [1.54, 1.807) is 25.3 Å². The summed E-state index contributed by atoms with van der Waals surface area (Å²) in [6, 6.07) is 7.94. The van der Waals surface area contributed by atoms with Crippen LogP contribution in [-0.4, -0.2) is 40.5 Å². The van der Waals surface area contributed by atoms with Crippen LogP contribution in [0.25, 0.3) is 11.0 Å². The fourth-order valence-corrected chi connectivity index (χ4v) is 4.67. The van der Waals surface area contributed by atoms with Crippen LogP contribution < -0.4 is 15.4 Å². The van der Waals surface area contributed by atoms with Gasteiger partial charge in [0.15, 0.2) is 5.78 Å². The van der Waals surface area contributed by atoms with Crippen LogP contribution in [0.4, 0.5) is 13.6 Å². The Labute approximate surface area is 343 Å². The maximum Gasteiger partial charge on any atom is 0.325 e. The van der Waals surface area contributed by atoms with Crippen molar-refractivity contribution in [3.05, 3.63) is 131 Å². The summed E-state index contributed by atoms with van der Waals surface area (Å²) in [5, 5.41) is 5.25. The fourth-order valence-electron chi connectivity index (χ4n) is 4.67. The molecule has 3 aromatic rings. The SMILES string of the molecule is C#C.CC.CC.CC/C=C(\C=C(/C)OCC(C)=O)OCc1cc2c(OC3=CC(F)C=C(NC(=O)NC(=O)Cc4ccc(F)cc4)C=C3)ccnc2[nH]1.CCC=C(C)C. The molecule has 0 spiro atoms. The van der Waals surface area contributed by atoms with Crippen LogP contribution in [0.2, 0.25) is 0 Å². The lowest BCUT2D eigenvalue weighted by Gasteiger charge is -2.09. The number of nitrogens with one attached hydrogen (secondary N) is 3. The smallest absolute Gasteiger partial charge is 0.325 e. The molecule has 2 heterocycles. The third-order valence-electron chi connectivity index (χ3n) is 6.91. The number of fused-ring (bicyclic) bond motifs is 1. The van der Waals surface area contributed by atoms with Crippen molar-refractivity contribution in [2.45, 2.75) is 101 Å². The van der Waals surface area contributed by atoms with Crippen LogP contribution in [0.15, 0.2) is 114 Å². The van der Waals surface area contributed by atoms with E-state index < -0.39 is 23.9 Å². The first-order chi connectivity index (χ1) is 27.8. The molecular formula is C46H60F2N4O6. The van der Waals surface area contributed by atoms with E-state index in [-0.39, 0.29) is 36.9 Å². The van der Waals surface area contributed by atoms with Crippen molar-refractivity contribution in [1.29, 1.82) is 0 Å². The van der Waals surface area contributed by atoms with Crippen molar-refractivity contribution in [2.24, 2.45) is 0 Å². The minimum absolute atomic E-state index is 0.0166. The summed E-state index contributed by atoms with van der Waals surface area (Å²) in [6.45, 7) is 19.7. The topological polar surface area (TPSA) is 132 Å². The van der Waals surface area contributed by atoms with Crippen LogP contribution in [0, 0.1) is 18.7 Å². The highest BCUT2D eigenvalue weighted by molar-refractivity contribution is 5.96. The lowest BCUT2D eigenvalue weighted by molar-refractivity contribution is -0.120. The fraction of sp³-hybridized carbons (Fsp3) is 0.348. The van der Waals surface area contributed by atoms with Crippen LogP contribution in [0.3, 0.4) is 0 Å². The first-order valence-electron chi connectivity index (χ1n) is 19.2. The van der Waals surface area contributed by atoms with Crippen LogP contribution in [0.5, 0.6) is 5.75 Å². The molecule has 0 bridgehead atoms. The summed E-state index contributed by atoms with van der Waals surface area (Å²) in [7, 11) is 0. The van der Waals surface area contributed by atoms with Crippen LogP contribution >= 0.6 is 0 Å². The van der Waals surface area contributed by atoms with Gasteiger partial charge < -0.3 is 24.5 Å². The molecule has 12 heteroatoms. The number of ether oxygens (including phenoxy) is 3. The number of terminal acetylenes is 1. The number of ketones is 1. The van der Waals surface area contributed by atoms with E-state index in [1.165, 1.54) is 61.4 Å². The minimum atomic E-state index is -1.61. The number of rotatable bonds is 14. The number of hydrogen-bond acceptors (Lipinski definition) is 7. The van der Waals surface area contributed by atoms with E-state index in [4.69, 9.17) is 14.2 Å². The summed E-state index contributed by atoms with van der Waals surface area (Å²) in [6.07, 6.45) is 20.8. The number of aromatic nitrogens is 2. The van der Waals surface area contributed by atoms with E-state index in [2.05, 4.69) is 60.3 Å². The zero-order valence-corrected chi connectivity index (χ0v) is 35.5. The second kappa shape index (κ2) is 30.0.